The van der Waals surface area contributed by atoms with E-state index in [0.29, 0.717) is 6.04 Å². The summed E-state index contributed by atoms with van der Waals surface area (Å²) in [6.45, 7) is 3.12. The Morgan fingerprint density at radius 3 is 3.15 bits per heavy atom. The third-order valence-corrected chi connectivity index (χ3v) is 5.02. The van der Waals surface area contributed by atoms with Gasteiger partial charge in [0.25, 0.3) is 0 Å². The zero-order valence-electron chi connectivity index (χ0n) is 11.7. The molecule has 106 valence electrons. The molecule has 1 atom stereocenters. The topological polar surface area (TPSA) is 44.9 Å². The van der Waals surface area contributed by atoms with E-state index < -0.39 is 0 Å². The number of hydrogen-bond donors (Lipinski definition) is 2. The van der Waals surface area contributed by atoms with Gasteiger partial charge in [-0.3, -0.25) is 4.79 Å². The Kier molecular flexibility index (Phi) is 4.03. The van der Waals surface area contributed by atoms with Crippen LogP contribution in [0.3, 0.4) is 0 Å². The smallest absolute Gasteiger partial charge is 0.248 e. The predicted octanol–water partition coefficient (Wildman–Crippen LogP) is 3.17. The number of thiophene rings is 1. The van der Waals surface area contributed by atoms with Crippen LogP contribution in [0.4, 0.5) is 0 Å². The number of rotatable bonds is 4. The minimum atomic E-state index is 0.0101. The molecule has 0 saturated carbocycles. The van der Waals surface area contributed by atoms with Gasteiger partial charge in [-0.25, -0.2) is 0 Å². The Labute approximate surface area is 123 Å². The van der Waals surface area contributed by atoms with Gasteiger partial charge in [0.1, 0.15) is 0 Å². The molecule has 0 bridgehead atoms. The summed E-state index contributed by atoms with van der Waals surface area (Å²) in [4.78, 5) is 15.8. The van der Waals surface area contributed by atoms with E-state index >= 15 is 0 Å². The predicted molar refractivity (Wildman–Crippen MR) is 83.3 cm³/mol. The lowest BCUT2D eigenvalue weighted by molar-refractivity contribution is 0.454. The molecule has 0 spiro atoms. The van der Waals surface area contributed by atoms with Crippen molar-refractivity contribution in [2.45, 2.75) is 45.2 Å². The van der Waals surface area contributed by atoms with Gasteiger partial charge in [0, 0.05) is 29.2 Å². The third-order valence-electron chi connectivity index (χ3n) is 4.06. The van der Waals surface area contributed by atoms with Crippen LogP contribution in [0.25, 0.3) is 0 Å². The number of fused-ring (bicyclic) bond motifs is 1. The van der Waals surface area contributed by atoms with E-state index in [1.807, 2.05) is 17.4 Å². The van der Waals surface area contributed by atoms with Gasteiger partial charge in [0.15, 0.2) is 0 Å². The quantitative estimate of drug-likeness (QED) is 0.907. The molecule has 20 heavy (non-hydrogen) atoms. The van der Waals surface area contributed by atoms with Gasteiger partial charge >= 0.3 is 0 Å². The molecule has 0 fully saturated rings. The molecule has 4 heteroatoms. The van der Waals surface area contributed by atoms with Crippen LogP contribution in [0.15, 0.2) is 28.4 Å². The van der Waals surface area contributed by atoms with Crippen LogP contribution < -0.4 is 10.9 Å². The first kappa shape index (κ1) is 13.6. The SMILES string of the molecule is CCc1ccsc1CNC1CCCc2[nH]c(=O)ccc21. The molecule has 0 saturated heterocycles. The molecule has 2 aromatic rings. The monoisotopic (exact) mass is 288 g/mol. The molecule has 3 nitrogen and oxygen atoms in total. The molecule has 1 aliphatic rings. The summed E-state index contributed by atoms with van der Waals surface area (Å²) >= 11 is 1.83. The average Bonchev–Trinajstić information content (AvgIpc) is 2.92. The van der Waals surface area contributed by atoms with Gasteiger partial charge in [-0.15, -0.1) is 11.3 Å². The van der Waals surface area contributed by atoms with Crippen molar-refractivity contribution in [3.8, 4) is 0 Å². The first-order valence-corrected chi connectivity index (χ1v) is 8.16. The van der Waals surface area contributed by atoms with Crippen LogP contribution in [0.5, 0.6) is 0 Å². The highest BCUT2D eigenvalue weighted by atomic mass is 32.1. The Balaban J connectivity index is 1.75. The molecular weight excluding hydrogens is 268 g/mol. The van der Waals surface area contributed by atoms with E-state index in [2.05, 4.69) is 28.7 Å². The Morgan fingerprint density at radius 1 is 1.40 bits per heavy atom. The second kappa shape index (κ2) is 5.94. The molecule has 0 radical (unpaired) electrons. The Morgan fingerprint density at radius 2 is 2.30 bits per heavy atom. The molecule has 0 aromatic carbocycles. The van der Waals surface area contributed by atoms with Crippen molar-refractivity contribution in [1.82, 2.24) is 10.3 Å². The maximum Gasteiger partial charge on any atom is 0.248 e. The standard InChI is InChI=1S/C16H20N2OS/c1-2-11-8-9-20-15(11)10-17-13-4-3-5-14-12(13)6-7-16(19)18-14/h6-9,13,17H,2-5,10H2,1H3,(H,18,19). The zero-order valence-corrected chi connectivity index (χ0v) is 12.6. The van der Waals surface area contributed by atoms with Crippen molar-refractivity contribution >= 4 is 11.3 Å². The number of aromatic amines is 1. The van der Waals surface area contributed by atoms with Crippen molar-refractivity contribution in [2.75, 3.05) is 0 Å². The second-order valence-corrected chi connectivity index (χ2v) is 6.31. The van der Waals surface area contributed by atoms with E-state index in [-0.39, 0.29) is 5.56 Å². The molecule has 0 amide bonds. The summed E-state index contributed by atoms with van der Waals surface area (Å²) in [7, 11) is 0. The Bertz CT molecular complexity index is 644. The van der Waals surface area contributed by atoms with Gasteiger partial charge in [-0.05, 0) is 48.3 Å². The van der Waals surface area contributed by atoms with Gasteiger partial charge in [-0.1, -0.05) is 13.0 Å². The van der Waals surface area contributed by atoms with Crippen LogP contribution in [0.2, 0.25) is 0 Å². The molecule has 0 aliphatic heterocycles. The first-order chi connectivity index (χ1) is 9.78. The molecule has 2 N–H and O–H groups in total. The summed E-state index contributed by atoms with van der Waals surface area (Å²) in [5.41, 5.74) is 3.84. The van der Waals surface area contributed by atoms with E-state index in [1.165, 1.54) is 16.0 Å². The van der Waals surface area contributed by atoms with E-state index in [0.717, 1.165) is 37.9 Å². The van der Waals surface area contributed by atoms with Crippen molar-refractivity contribution in [3.05, 3.63) is 55.6 Å². The number of aromatic nitrogens is 1. The van der Waals surface area contributed by atoms with Crippen LogP contribution in [-0.2, 0) is 19.4 Å². The van der Waals surface area contributed by atoms with Crippen LogP contribution >= 0.6 is 11.3 Å². The molecule has 1 unspecified atom stereocenters. The van der Waals surface area contributed by atoms with E-state index in [1.54, 1.807) is 6.07 Å². The van der Waals surface area contributed by atoms with Gasteiger partial charge in [0.2, 0.25) is 5.56 Å². The summed E-state index contributed by atoms with van der Waals surface area (Å²) in [5.74, 6) is 0. The maximum atomic E-state index is 11.4. The normalized spacial score (nSPS) is 17.9. The summed E-state index contributed by atoms with van der Waals surface area (Å²) in [6.07, 6.45) is 4.36. The van der Waals surface area contributed by atoms with Crippen molar-refractivity contribution in [2.24, 2.45) is 0 Å². The fourth-order valence-corrected chi connectivity index (χ4v) is 3.89. The number of pyridine rings is 1. The van der Waals surface area contributed by atoms with Crippen LogP contribution in [-0.4, -0.2) is 4.98 Å². The van der Waals surface area contributed by atoms with Gasteiger partial charge < -0.3 is 10.3 Å². The highest BCUT2D eigenvalue weighted by Gasteiger charge is 2.20. The third kappa shape index (κ3) is 2.72. The fraction of sp³-hybridized carbons (Fsp3) is 0.438. The van der Waals surface area contributed by atoms with Crippen LogP contribution in [0, 0.1) is 0 Å². The highest BCUT2D eigenvalue weighted by molar-refractivity contribution is 7.10. The zero-order chi connectivity index (χ0) is 13.9. The molecule has 1 aliphatic carbocycles. The summed E-state index contributed by atoms with van der Waals surface area (Å²) in [5, 5.41) is 5.83. The van der Waals surface area contributed by atoms with Gasteiger partial charge in [0.05, 0.1) is 0 Å². The highest BCUT2D eigenvalue weighted by Crippen LogP contribution is 2.28. The Hall–Kier alpha value is -1.39. The largest absolute Gasteiger partial charge is 0.326 e. The first-order valence-electron chi connectivity index (χ1n) is 7.28. The van der Waals surface area contributed by atoms with Crippen molar-refractivity contribution in [1.29, 1.82) is 0 Å². The van der Waals surface area contributed by atoms with Crippen LogP contribution in [0.1, 0.15) is 47.5 Å². The lowest BCUT2D eigenvalue weighted by Crippen LogP contribution is -2.27. The number of aryl methyl sites for hydroxylation is 2. The number of nitrogens with one attached hydrogen (secondary N) is 2. The molecule has 2 heterocycles. The van der Waals surface area contributed by atoms with E-state index in [4.69, 9.17) is 0 Å². The molecular formula is C16H20N2OS. The number of hydrogen-bond acceptors (Lipinski definition) is 3. The lowest BCUT2D eigenvalue weighted by atomic mass is 9.91. The lowest BCUT2D eigenvalue weighted by Gasteiger charge is -2.26. The molecule has 2 aromatic heterocycles. The summed E-state index contributed by atoms with van der Waals surface area (Å²) in [6, 6.07) is 6.21. The number of H-pyrrole nitrogens is 1. The fourth-order valence-electron chi connectivity index (χ4n) is 2.97. The van der Waals surface area contributed by atoms with Crippen molar-refractivity contribution < 1.29 is 0 Å². The average molecular weight is 288 g/mol. The molecule has 3 rings (SSSR count). The maximum absolute atomic E-state index is 11.4. The van der Waals surface area contributed by atoms with Crippen molar-refractivity contribution in [3.63, 3.8) is 0 Å². The second-order valence-electron chi connectivity index (χ2n) is 5.30. The van der Waals surface area contributed by atoms with E-state index in [9.17, 15) is 4.79 Å². The van der Waals surface area contributed by atoms with Gasteiger partial charge in [-0.2, -0.15) is 0 Å². The minimum absolute atomic E-state index is 0.0101. The minimum Gasteiger partial charge on any atom is -0.326 e. The summed E-state index contributed by atoms with van der Waals surface area (Å²) < 4.78 is 0.